The Labute approximate surface area is 149 Å². The lowest BCUT2D eigenvalue weighted by molar-refractivity contribution is 0.0692. The number of hydrogen-bond donors (Lipinski definition) is 2. The molecule has 1 fully saturated rings. The van der Waals surface area contributed by atoms with E-state index in [0.717, 1.165) is 6.07 Å². The molecule has 2 N–H and O–H groups in total. The van der Waals surface area contributed by atoms with Crippen LogP contribution in [0.1, 0.15) is 23.7 Å². The molecule has 0 aromatic heterocycles. The quantitative estimate of drug-likeness (QED) is 0.684. The fourth-order valence-electron chi connectivity index (χ4n) is 2.23. The van der Waals surface area contributed by atoms with Crippen LogP contribution in [0.4, 0.5) is 0 Å². The van der Waals surface area contributed by atoms with Crippen molar-refractivity contribution in [1.82, 2.24) is 4.72 Å². The first-order valence-electron chi connectivity index (χ1n) is 6.84. The van der Waals surface area contributed by atoms with E-state index in [2.05, 4.69) is 4.72 Å². The van der Waals surface area contributed by atoms with E-state index in [1.807, 2.05) is 0 Å². The van der Waals surface area contributed by atoms with Crippen LogP contribution in [0.5, 0.6) is 11.5 Å². The molecule has 1 aliphatic carbocycles. The van der Waals surface area contributed by atoms with E-state index in [-0.39, 0.29) is 28.5 Å². The van der Waals surface area contributed by atoms with Crippen molar-refractivity contribution in [3.8, 4) is 11.5 Å². The molecule has 10 heteroatoms. The number of hydrogen-bond acceptors (Lipinski definition) is 5. The summed E-state index contributed by atoms with van der Waals surface area (Å²) < 4.78 is 36.4. The van der Waals surface area contributed by atoms with Gasteiger partial charge in [-0.25, -0.2) is 17.9 Å². The van der Waals surface area contributed by atoms with Gasteiger partial charge in [0.1, 0.15) is 9.90 Å². The maximum atomic E-state index is 12.5. The molecule has 0 aliphatic heterocycles. The molecule has 0 radical (unpaired) electrons. The maximum absolute atomic E-state index is 12.5. The third kappa shape index (κ3) is 3.42. The lowest BCUT2D eigenvalue weighted by Gasteiger charge is -2.16. The molecule has 1 aliphatic rings. The summed E-state index contributed by atoms with van der Waals surface area (Å²) in [5, 5.41) is 9.26. The number of carboxylic acid groups (broad SMARTS) is 1. The summed E-state index contributed by atoms with van der Waals surface area (Å²) in [7, 11) is -1.43. The molecule has 1 unspecified atom stereocenters. The number of carbonyl (C=O) groups is 1. The van der Waals surface area contributed by atoms with E-state index in [9.17, 15) is 18.3 Å². The topological polar surface area (TPSA) is 102 Å². The summed E-state index contributed by atoms with van der Waals surface area (Å²) in [5.41, 5.74) is -0.895. The standard InChI is InChI=1S/C14H17Cl2NO6S/c1-13(6-14(13,15)16)7-17-24(20,21)8-4-9(12(18)19)11(23-3)10(5-8)22-2/h4-5,17H,6-7H2,1-3H3,(H,18,19). The van der Waals surface area contributed by atoms with Crippen LogP contribution in [-0.2, 0) is 10.0 Å². The number of alkyl halides is 2. The Balaban J connectivity index is 2.36. The molecule has 24 heavy (non-hydrogen) atoms. The van der Waals surface area contributed by atoms with E-state index in [0.29, 0.717) is 6.42 Å². The Morgan fingerprint density at radius 3 is 2.33 bits per heavy atom. The predicted molar refractivity (Wildman–Crippen MR) is 88.9 cm³/mol. The van der Waals surface area contributed by atoms with Crippen LogP contribution in [0.3, 0.4) is 0 Å². The van der Waals surface area contributed by atoms with Gasteiger partial charge in [0.15, 0.2) is 11.5 Å². The average molecular weight is 398 g/mol. The summed E-state index contributed by atoms with van der Waals surface area (Å²) in [6.07, 6.45) is 0.456. The van der Waals surface area contributed by atoms with Gasteiger partial charge in [-0.1, -0.05) is 6.92 Å². The highest BCUT2D eigenvalue weighted by Gasteiger charge is 2.62. The lowest BCUT2D eigenvalue weighted by atomic mass is 10.1. The Bertz CT molecular complexity index is 780. The van der Waals surface area contributed by atoms with Crippen molar-refractivity contribution in [3.63, 3.8) is 0 Å². The van der Waals surface area contributed by atoms with Gasteiger partial charge in [0.2, 0.25) is 10.0 Å². The number of carboxylic acids is 1. The number of methoxy groups -OCH3 is 2. The Morgan fingerprint density at radius 1 is 1.33 bits per heavy atom. The molecule has 0 amide bonds. The van der Waals surface area contributed by atoms with Crippen LogP contribution < -0.4 is 14.2 Å². The molecule has 7 nitrogen and oxygen atoms in total. The second kappa shape index (κ2) is 6.25. The number of nitrogens with one attached hydrogen (secondary N) is 1. The van der Waals surface area contributed by atoms with E-state index in [4.69, 9.17) is 32.7 Å². The van der Waals surface area contributed by atoms with E-state index in [1.54, 1.807) is 6.92 Å². The number of ether oxygens (including phenoxy) is 2. The summed E-state index contributed by atoms with van der Waals surface area (Å²) in [6.45, 7) is 1.78. The first kappa shape index (κ1) is 19.1. The third-order valence-corrected chi connectivity index (χ3v) is 6.58. The first-order chi connectivity index (χ1) is 11.0. The SMILES string of the molecule is COc1cc(S(=O)(=O)NCC2(C)CC2(Cl)Cl)cc(C(=O)O)c1OC. The van der Waals surface area contributed by atoms with Crippen molar-refractivity contribution >= 4 is 39.2 Å². The van der Waals surface area contributed by atoms with Crippen molar-refractivity contribution in [2.45, 2.75) is 22.6 Å². The number of aromatic carboxylic acids is 1. The second-order valence-electron chi connectivity index (χ2n) is 5.78. The van der Waals surface area contributed by atoms with E-state index >= 15 is 0 Å². The number of halogens is 2. The smallest absolute Gasteiger partial charge is 0.339 e. The van der Waals surface area contributed by atoms with E-state index in [1.165, 1.54) is 20.3 Å². The minimum Gasteiger partial charge on any atom is -0.493 e. The fourth-order valence-corrected chi connectivity index (χ4v) is 4.16. The van der Waals surface area contributed by atoms with Crippen LogP contribution in [0.25, 0.3) is 0 Å². The Morgan fingerprint density at radius 2 is 1.92 bits per heavy atom. The molecule has 134 valence electrons. The Hall–Kier alpha value is -1.22. The fraction of sp³-hybridized carbons (Fsp3) is 0.500. The minimum atomic E-state index is -3.98. The number of sulfonamides is 1. The average Bonchev–Trinajstić information content (AvgIpc) is 3.02. The summed E-state index contributed by atoms with van der Waals surface area (Å²) in [5.74, 6) is -1.39. The van der Waals surface area contributed by atoms with E-state index < -0.39 is 25.7 Å². The molecule has 0 spiro atoms. The van der Waals surface area contributed by atoms with Crippen molar-refractivity contribution in [3.05, 3.63) is 17.7 Å². The van der Waals surface area contributed by atoms with Gasteiger partial charge in [0.25, 0.3) is 0 Å². The van der Waals surface area contributed by atoms with Crippen molar-refractivity contribution in [2.24, 2.45) is 5.41 Å². The molecule has 1 aromatic rings. The highest BCUT2D eigenvalue weighted by molar-refractivity contribution is 7.89. The summed E-state index contributed by atoms with van der Waals surface area (Å²) in [4.78, 5) is 11.1. The van der Waals surface area contributed by atoms with Crippen LogP contribution in [0, 0.1) is 5.41 Å². The highest BCUT2D eigenvalue weighted by Crippen LogP contribution is 2.63. The zero-order valence-corrected chi connectivity index (χ0v) is 15.5. The molecule has 0 heterocycles. The predicted octanol–water partition coefficient (Wildman–Crippen LogP) is 2.26. The van der Waals surface area contributed by atoms with Gasteiger partial charge in [-0.05, 0) is 12.5 Å². The van der Waals surface area contributed by atoms with Gasteiger partial charge in [-0.3, -0.25) is 0 Å². The molecule has 0 bridgehead atoms. The molecule has 2 rings (SSSR count). The van der Waals surface area contributed by atoms with Gasteiger partial charge in [-0.15, -0.1) is 23.2 Å². The van der Waals surface area contributed by atoms with Crippen LogP contribution >= 0.6 is 23.2 Å². The van der Waals surface area contributed by atoms with Crippen molar-refractivity contribution in [1.29, 1.82) is 0 Å². The molecule has 1 aromatic carbocycles. The van der Waals surface area contributed by atoms with Gasteiger partial charge in [0.05, 0.1) is 19.1 Å². The molecule has 0 saturated heterocycles. The van der Waals surface area contributed by atoms with Crippen LogP contribution in [0.2, 0.25) is 0 Å². The Kier molecular flexibility index (Phi) is 4.98. The highest BCUT2D eigenvalue weighted by atomic mass is 35.5. The van der Waals surface area contributed by atoms with Crippen molar-refractivity contribution in [2.75, 3.05) is 20.8 Å². The first-order valence-corrected chi connectivity index (χ1v) is 9.08. The van der Waals surface area contributed by atoms with Crippen LogP contribution in [-0.4, -0.2) is 44.6 Å². The van der Waals surface area contributed by atoms with Crippen LogP contribution in [0.15, 0.2) is 17.0 Å². The molecular weight excluding hydrogens is 381 g/mol. The summed E-state index contributed by atoms with van der Waals surface area (Å²) >= 11 is 12.0. The lowest BCUT2D eigenvalue weighted by Crippen LogP contribution is -2.31. The second-order valence-corrected chi connectivity index (χ2v) is 9.03. The van der Waals surface area contributed by atoms with Gasteiger partial charge in [-0.2, -0.15) is 0 Å². The zero-order chi connectivity index (χ0) is 18.3. The van der Waals surface area contributed by atoms with Crippen molar-refractivity contribution < 1.29 is 27.8 Å². The number of benzene rings is 1. The van der Waals surface area contributed by atoms with Gasteiger partial charge in [0, 0.05) is 18.0 Å². The third-order valence-electron chi connectivity index (χ3n) is 4.02. The number of rotatable bonds is 7. The van der Waals surface area contributed by atoms with Gasteiger partial charge < -0.3 is 14.6 Å². The zero-order valence-electron chi connectivity index (χ0n) is 13.2. The normalized spacial score (nSPS) is 22.0. The largest absolute Gasteiger partial charge is 0.493 e. The maximum Gasteiger partial charge on any atom is 0.339 e. The molecule has 1 atom stereocenters. The minimum absolute atomic E-state index is 0.000516. The molecular formula is C14H17Cl2NO6S. The monoisotopic (exact) mass is 397 g/mol. The van der Waals surface area contributed by atoms with Gasteiger partial charge >= 0.3 is 5.97 Å². The molecule has 1 saturated carbocycles. The summed E-state index contributed by atoms with van der Waals surface area (Å²) in [6, 6.07) is 2.20.